The molecule has 28 heavy (non-hydrogen) atoms. The molecule has 0 spiro atoms. The Morgan fingerprint density at radius 1 is 1.14 bits per heavy atom. The molecule has 0 bridgehead atoms. The summed E-state index contributed by atoms with van der Waals surface area (Å²) >= 11 is 18.8. The van der Waals surface area contributed by atoms with Crippen molar-refractivity contribution in [2.24, 2.45) is 0 Å². The number of amides is 2. The predicted octanol–water partition coefficient (Wildman–Crippen LogP) is 5.61. The summed E-state index contributed by atoms with van der Waals surface area (Å²) in [4.78, 5) is 26.7. The predicted molar refractivity (Wildman–Crippen MR) is 121 cm³/mol. The first-order chi connectivity index (χ1) is 13.5. The fourth-order valence-corrected chi connectivity index (χ4v) is 4.27. The Balaban J connectivity index is 1.57. The normalized spacial score (nSPS) is 15.4. The maximum atomic E-state index is 12.7. The minimum absolute atomic E-state index is 0.0992. The number of hydrogen-bond acceptors (Lipinski definition) is 4. The first-order valence-electron chi connectivity index (χ1n) is 8.50. The summed E-state index contributed by atoms with van der Waals surface area (Å²) in [5, 5.41) is 3.65. The SMILES string of the molecule is O=C(CCCN1C(=O)/C(=C/c2cccc(Cl)c2Cl)SC1=S)Nc1ccccc1. The van der Waals surface area contributed by atoms with Gasteiger partial charge >= 0.3 is 0 Å². The number of thioether (sulfide) groups is 1. The number of thiocarbonyl (C=S) groups is 1. The largest absolute Gasteiger partial charge is 0.326 e. The molecule has 1 N–H and O–H groups in total. The topological polar surface area (TPSA) is 49.4 Å². The lowest BCUT2D eigenvalue weighted by atomic mass is 10.2. The number of para-hydroxylation sites is 1. The zero-order valence-corrected chi connectivity index (χ0v) is 17.8. The quantitative estimate of drug-likeness (QED) is 0.458. The van der Waals surface area contributed by atoms with Crippen LogP contribution in [-0.2, 0) is 9.59 Å². The minimum Gasteiger partial charge on any atom is -0.326 e. The van der Waals surface area contributed by atoms with Crippen molar-refractivity contribution in [1.82, 2.24) is 4.90 Å². The molecule has 1 aliphatic heterocycles. The van der Waals surface area contributed by atoms with Crippen LogP contribution in [0, 0.1) is 0 Å². The van der Waals surface area contributed by atoms with Crippen molar-refractivity contribution < 1.29 is 9.59 Å². The van der Waals surface area contributed by atoms with Gasteiger partial charge in [0.05, 0.1) is 15.0 Å². The minimum atomic E-state index is -0.186. The molecule has 3 rings (SSSR count). The number of anilines is 1. The number of nitrogens with zero attached hydrogens (tertiary/aromatic N) is 1. The van der Waals surface area contributed by atoms with Gasteiger partial charge in [-0.3, -0.25) is 14.5 Å². The third-order valence-electron chi connectivity index (χ3n) is 3.98. The first kappa shape index (κ1) is 20.9. The molecule has 2 amide bonds. The molecule has 2 aromatic carbocycles. The molecule has 0 atom stereocenters. The molecule has 8 heteroatoms. The zero-order chi connectivity index (χ0) is 20.1. The van der Waals surface area contributed by atoms with Gasteiger partial charge < -0.3 is 5.32 Å². The lowest BCUT2D eigenvalue weighted by molar-refractivity contribution is -0.122. The number of carbonyl (C=O) groups excluding carboxylic acids is 2. The van der Waals surface area contributed by atoms with Gasteiger partial charge in [-0.1, -0.05) is 77.5 Å². The van der Waals surface area contributed by atoms with Gasteiger partial charge in [0.15, 0.2) is 0 Å². The molecule has 0 aromatic heterocycles. The smallest absolute Gasteiger partial charge is 0.266 e. The van der Waals surface area contributed by atoms with Crippen LogP contribution in [0.15, 0.2) is 53.4 Å². The molecule has 2 aromatic rings. The second kappa shape index (κ2) is 9.56. The van der Waals surface area contributed by atoms with Crippen LogP contribution in [-0.4, -0.2) is 27.6 Å². The van der Waals surface area contributed by atoms with Crippen molar-refractivity contribution in [3.63, 3.8) is 0 Å². The number of carbonyl (C=O) groups is 2. The molecule has 1 saturated heterocycles. The monoisotopic (exact) mass is 450 g/mol. The second-order valence-corrected chi connectivity index (χ2v) is 8.46. The van der Waals surface area contributed by atoms with Gasteiger partial charge in [0.1, 0.15) is 4.32 Å². The molecular weight excluding hydrogens is 435 g/mol. The van der Waals surface area contributed by atoms with Crippen molar-refractivity contribution >= 4 is 75.1 Å². The molecular formula is C20H16Cl2N2O2S2. The molecule has 0 radical (unpaired) electrons. The standard InChI is InChI=1S/C20H16Cl2N2O2S2/c21-15-9-4-6-13(18(15)22)12-16-19(26)24(20(27)28-16)11-5-10-17(25)23-14-7-2-1-3-8-14/h1-4,6-9,12H,5,10-11H2,(H,23,25)/b16-12-. The molecule has 0 aliphatic carbocycles. The van der Waals surface area contributed by atoms with E-state index >= 15 is 0 Å². The Labute approximate surface area is 182 Å². The van der Waals surface area contributed by atoms with Crippen LogP contribution >= 0.6 is 47.2 Å². The second-order valence-electron chi connectivity index (χ2n) is 5.99. The van der Waals surface area contributed by atoms with E-state index in [0.717, 1.165) is 5.69 Å². The molecule has 4 nitrogen and oxygen atoms in total. The summed E-state index contributed by atoms with van der Waals surface area (Å²) in [6.07, 6.45) is 2.50. The van der Waals surface area contributed by atoms with E-state index in [1.165, 1.54) is 16.7 Å². The average molecular weight is 451 g/mol. The van der Waals surface area contributed by atoms with Gasteiger partial charge in [-0.25, -0.2) is 0 Å². The fraction of sp³-hybridized carbons (Fsp3) is 0.150. The van der Waals surface area contributed by atoms with Crippen LogP contribution in [0.1, 0.15) is 18.4 Å². The van der Waals surface area contributed by atoms with Crippen molar-refractivity contribution in [1.29, 1.82) is 0 Å². The van der Waals surface area contributed by atoms with Crippen LogP contribution in [0.2, 0.25) is 10.0 Å². The number of benzene rings is 2. The van der Waals surface area contributed by atoms with Crippen LogP contribution in [0.25, 0.3) is 6.08 Å². The van der Waals surface area contributed by atoms with Crippen LogP contribution in [0.3, 0.4) is 0 Å². The molecule has 144 valence electrons. The zero-order valence-electron chi connectivity index (χ0n) is 14.7. The molecule has 1 aliphatic rings. The number of rotatable bonds is 6. The highest BCUT2D eigenvalue weighted by atomic mass is 35.5. The maximum absolute atomic E-state index is 12.7. The molecule has 1 fully saturated rings. The van der Waals surface area contributed by atoms with E-state index in [2.05, 4.69) is 5.32 Å². The van der Waals surface area contributed by atoms with Crippen molar-refractivity contribution in [2.75, 3.05) is 11.9 Å². The first-order valence-corrected chi connectivity index (χ1v) is 10.5. The summed E-state index contributed by atoms with van der Waals surface area (Å²) in [5.41, 5.74) is 1.41. The molecule has 0 saturated carbocycles. The summed E-state index contributed by atoms with van der Waals surface area (Å²) in [6, 6.07) is 14.5. The van der Waals surface area contributed by atoms with Gasteiger partial charge in [0.2, 0.25) is 5.91 Å². The lowest BCUT2D eigenvalue weighted by Crippen LogP contribution is -2.29. The van der Waals surface area contributed by atoms with Crippen molar-refractivity contribution in [2.45, 2.75) is 12.8 Å². The number of hydrogen-bond donors (Lipinski definition) is 1. The van der Waals surface area contributed by atoms with Crippen LogP contribution < -0.4 is 5.32 Å². The van der Waals surface area contributed by atoms with E-state index in [1.54, 1.807) is 24.3 Å². The Morgan fingerprint density at radius 2 is 1.89 bits per heavy atom. The highest BCUT2D eigenvalue weighted by molar-refractivity contribution is 8.26. The van der Waals surface area contributed by atoms with Gasteiger partial charge in [0.25, 0.3) is 5.91 Å². The fourth-order valence-electron chi connectivity index (χ4n) is 2.61. The summed E-state index contributed by atoms with van der Waals surface area (Å²) in [6.45, 7) is 0.382. The van der Waals surface area contributed by atoms with Gasteiger partial charge in [-0.05, 0) is 36.3 Å². The third kappa shape index (κ3) is 5.14. The third-order valence-corrected chi connectivity index (χ3v) is 6.20. The van der Waals surface area contributed by atoms with E-state index in [1.807, 2.05) is 30.3 Å². The Hall–Kier alpha value is -1.86. The number of nitrogens with one attached hydrogen (secondary N) is 1. The summed E-state index contributed by atoms with van der Waals surface area (Å²) in [7, 11) is 0. The Kier molecular flexibility index (Phi) is 7.13. The van der Waals surface area contributed by atoms with Gasteiger partial charge in [-0.2, -0.15) is 0 Å². The number of halogens is 2. The van der Waals surface area contributed by atoms with Crippen LogP contribution in [0.4, 0.5) is 5.69 Å². The Morgan fingerprint density at radius 3 is 2.64 bits per heavy atom. The van der Waals surface area contributed by atoms with E-state index in [-0.39, 0.29) is 11.8 Å². The van der Waals surface area contributed by atoms with Crippen LogP contribution in [0.5, 0.6) is 0 Å². The highest BCUT2D eigenvalue weighted by Gasteiger charge is 2.31. The van der Waals surface area contributed by atoms with E-state index in [0.29, 0.717) is 44.2 Å². The Bertz CT molecular complexity index is 948. The van der Waals surface area contributed by atoms with Crippen molar-refractivity contribution in [3.05, 3.63) is 69.0 Å². The summed E-state index contributed by atoms with van der Waals surface area (Å²) in [5.74, 6) is -0.285. The van der Waals surface area contributed by atoms with Gasteiger partial charge in [-0.15, -0.1) is 0 Å². The van der Waals surface area contributed by atoms with Crippen molar-refractivity contribution in [3.8, 4) is 0 Å². The van der Waals surface area contributed by atoms with Gasteiger partial charge in [0, 0.05) is 18.7 Å². The highest BCUT2D eigenvalue weighted by Crippen LogP contribution is 2.35. The van der Waals surface area contributed by atoms with E-state index < -0.39 is 0 Å². The summed E-state index contributed by atoms with van der Waals surface area (Å²) < 4.78 is 0.470. The maximum Gasteiger partial charge on any atom is 0.266 e. The lowest BCUT2D eigenvalue weighted by Gasteiger charge is -2.14. The van der Waals surface area contributed by atoms with E-state index in [9.17, 15) is 9.59 Å². The molecule has 0 unspecified atom stereocenters. The van der Waals surface area contributed by atoms with E-state index in [4.69, 9.17) is 35.4 Å². The molecule has 1 heterocycles. The average Bonchev–Trinajstić information content (AvgIpc) is 2.93.